The van der Waals surface area contributed by atoms with Crippen molar-refractivity contribution in [3.8, 4) is 11.5 Å². The number of hydrogen-bond donors (Lipinski definition) is 1. The van der Waals surface area contributed by atoms with Crippen LogP contribution >= 0.6 is 0 Å². The van der Waals surface area contributed by atoms with Crippen molar-refractivity contribution in [1.82, 2.24) is 4.90 Å². The fraction of sp³-hybridized carbons (Fsp3) is 0.556. The Morgan fingerprint density at radius 2 is 1.69 bits per heavy atom. The topological polar surface area (TPSA) is 86.3 Å². The Labute approximate surface area is 153 Å². The number of carbonyl (C=O) groups excluding carboxylic acids is 2. The lowest BCUT2D eigenvalue weighted by Gasteiger charge is -2.34. The lowest BCUT2D eigenvalue weighted by molar-refractivity contribution is -0.121. The number of esters is 1. The molecule has 1 aromatic carbocycles. The monoisotopic (exact) mass is 366 g/mol. The predicted molar refractivity (Wildman–Crippen MR) is 96.0 cm³/mol. The highest BCUT2D eigenvalue weighted by Crippen LogP contribution is 2.33. The summed E-state index contributed by atoms with van der Waals surface area (Å²) in [6.07, 6.45) is 0.136. The molecule has 0 spiro atoms. The van der Waals surface area contributed by atoms with Gasteiger partial charge in [-0.05, 0) is 13.8 Å². The van der Waals surface area contributed by atoms with Crippen LogP contribution in [-0.4, -0.2) is 69.9 Å². The number of rotatable bonds is 6. The van der Waals surface area contributed by atoms with Crippen molar-refractivity contribution in [2.24, 2.45) is 0 Å². The van der Waals surface area contributed by atoms with Gasteiger partial charge in [-0.15, -0.1) is 0 Å². The molecule has 0 bridgehead atoms. The van der Waals surface area contributed by atoms with E-state index in [0.29, 0.717) is 30.3 Å². The van der Waals surface area contributed by atoms with Crippen LogP contribution in [0.3, 0.4) is 0 Å². The van der Waals surface area contributed by atoms with Crippen molar-refractivity contribution in [1.29, 1.82) is 0 Å². The quantitative estimate of drug-likeness (QED) is 0.764. The molecule has 1 aromatic rings. The number of amides is 1. The summed E-state index contributed by atoms with van der Waals surface area (Å²) in [5, 5.41) is 2.77. The van der Waals surface area contributed by atoms with Gasteiger partial charge in [-0.25, -0.2) is 4.79 Å². The molecule has 1 aliphatic heterocycles. The molecule has 0 aliphatic carbocycles. The third-order valence-corrected chi connectivity index (χ3v) is 4.07. The van der Waals surface area contributed by atoms with Crippen LogP contribution in [0, 0.1) is 0 Å². The molecular formula is C18H26N2O6. The van der Waals surface area contributed by atoms with Crippen LogP contribution < -0.4 is 14.8 Å². The average molecular weight is 366 g/mol. The Hall–Kier alpha value is -2.32. The van der Waals surface area contributed by atoms with E-state index in [1.54, 1.807) is 6.07 Å². The van der Waals surface area contributed by atoms with E-state index in [-0.39, 0.29) is 30.2 Å². The van der Waals surface area contributed by atoms with Gasteiger partial charge in [0.05, 0.1) is 51.3 Å². The molecule has 2 rings (SSSR count). The van der Waals surface area contributed by atoms with Crippen LogP contribution in [0.15, 0.2) is 12.1 Å². The van der Waals surface area contributed by atoms with Gasteiger partial charge < -0.3 is 24.3 Å². The molecular weight excluding hydrogens is 340 g/mol. The Kier molecular flexibility index (Phi) is 6.82. The first-order chi connectivity index (χ1) is 12.4. The van der Waals surface area contributed by atoms with E-state index in [4.69, 9.17) is 18.9 Å². The van der Waals surface area contributed by atoms with E-state index in [1.165, 1.54) is 27.4 Å². The average Bonchev–Trinajstić information content (AvgIpc) is 2.59. The van der Waals surface area contributed by atoms with Gasteiger partial charge in [-0.3, -0.25) is 9.69 Å². The molecule has 0 unspecified atom stereocenters. The first-order valence-electron chi connectivity index (χ1n) is 8.39. The van der Waals surface area contributed by atoms with E-state index >= 15 is 0 Å². The molecule has 8 nitrogen and oxygen atoms in total. The summed E-state index contributed by atoms with van der Waals surface area (Å²) in [7, 11) is 4.23. The standard InChI is InChI=1S/C18H26N2O6/c1-11-8-20(9-12(2)26-11)10-17(21)19-14-7-16(24-4)15(23-3)6-13(14)18(22)25-5/h6-7,11-12H,8-10H2,1-5H3,(H,19,21)/t11-,12+. The maximum absolute atomic E-state index is 12.5. The third-order valence-electron chi connectivity index (χ3n) is 4.07. The van der Waals surface area contributed by atoms with Gasteiger partial charge in [0.15, 0.2) is 11.5 Å². The van der Waals surface area contributed by atoms with E-state index in [9.17, 15) is 9.59 Å². The van der Waals surface area contributed by atoms with Gasteiger partial charge in [0.2, 0.25) is 5.91 Å². The van der Waals surface area contributed by atoms with Gasteiger partial charge in [0.1, 0.15) is 0 Å². The Balaban J connectivity index is 2.18. The molecule has 2 atom stereocenters. The van der Waals surface area contributed by atoms with Crippen molar-refractivity contribution in [2.45, 2.75) is 26.1 Å². The normalized spacial score (nSPS) is 20.3. The minimum atomic E-state index is -0.574. The molecule has 1 saturated heterocycles. The van der Waals surface area contributed by atoms with Crippen molar-refractivity contribution in [3.05, 3.63) is 17.7 Å². The van der Waals surface area contributed by atoms with E-state index in [2.05, 4.69) is 5.32 Å². The molecule has 1 N–H and O–H groups in total. The minimum absolute atomic E-state index is 0.0678. The summed E-state index contributed by atoms with van der Waals surface area (Å²) in [4.78, 5) is 26.6. The Morgan fingerprint density at radius 3 is 2.23 bits per heavy atom. The highest BCUT2D eigenvalue weighted by molar-refractivity contribution is 6.02. The number of nitrogens with one attached hydrogen (secondary N) is 1. The molecule has 1 amide bonds. The van der Waals surface area contributed by atoms with Gasteiger partial charge in [0, 0.05) is 25.2 Å². The smallest absolute Gasteiger partial charge is 0.340 e. The van der Waals surface area contributed by atoms with E-state index < -0.39 is 5.97 Å². The predicted octanol–water partition coefficient (Wildman–Crippen LogP) is 1.54. The van der Waals surface area contributed by atoms with Crippen LogP contribution in [0.4, 0.5) is 5.69 Å². The minimum Gasteiger partial charge on any atom is -0.493 e. The van der Waals surface area contributed by atoms with Crippen LogP contribution in [0.1, 0.15) is 24.2 Å². The molecule has 144 valence electrons. The Morgan fingerprint density at radius 1 is 1.12 bits per heavy atom. The lowest BCUT2D eigenvalue weighted by Crippen LogP contribution is -2.48. The number of carbonyl (C=O) groups is 2. The zero-order valence-corrected chi connectivity index (χ0v) is 15.8. The fourth-order valence-electron chi connectivity index (χ4n) is 3.07. The summed E-state index contributed by atoms with van der Waals surface area (Å²) in [6.45, 7) is 5.50. The first-order valence-corrected chi connectivity index (χ1v) is 8.39. The van der Waals surface area contributed by atoms with Gasteiger partial charge in [-0.2, -0.15) is 0 Å². The first kappa shape index (κ1) is 20.0. The second-order valence-corrected chi connectivity index (χ2v) is 6.24. The maximum Gasteiger partial charge on any atom is 0.340 e. The highest BCUT2D eigenvalue weighted by atomic mass is 16.5. The molecule has 26 heavy (non-hydrogen) atoms. The van der Waals surface area contributed by atoms with E-state index in [1.807, 2.05) is 18.7 Å². The third kappa shape index (κ3) is 4.86. The van der Waals surface area contributed by atoms with Crippen LogP contribution in [0.2, 0.25) is 0 Å². The molecule has 0 aromatic heterocycles. The fourth-order valence-corrected chi connectivity index (χ4v) is 3.07. The molecule has 8 heteroatoms. The summed E-state index contributed by atoms with van der Waals surface area (Å²) in [6, 6.07) is 3.03. The van der Waals surface area contributed by atoms with Crippen LogP contribution in [0.5, 0.6) is 11.5 Å². The number of morpholine rings is 1. The Bertz CT molecular complexity index is 653. The van der Waals surface area contributed by atoms with Crippen LogP contribution in [0.25, 0.3) is 0 Å². The summed E-state index contributed by atoms with van der Waals surface area (Å²) < 4.78 is 20.9. The highest BCUT2D eigenvalue weighted by Gasteiger charge is 2.25. The van der Waals surface area contributed by atoms with Crippen molar-refractivity contribution < 1.29 is 28.5 Å². The van der Waals surface area contributed by atoms with E-state index in [0.717, 1.165) is 0 Å². The largest absolute Gasteiger partial charge is 0.493 e. The number of nitrogens with zero attached hydrogens (tertiary/aromatic N) is 1. The second-order valence-electron chi connectivity index (χ2n) is 6.24. The van der Waals surface area contributed by atoms with Crippen LogP contribution in [-0.2, 0) is 14.3 Å². The molecule has 0 saturated carbocycles. The van der Waals surface area contributed by atoms with Gasteiger partial charge in [0.25, 0.3) is 0 Å². The molecule has 0 radical (unpaired) electrons. The second kappa shape index (κ2) is 8.86. The maximum atomic E-state index is 12.5. The van der Waals surface area contributed by atoms with Gasteiger partial charge >= 0.3 is 5.97 Å². The van der Waals surface area contributed by atoms with Crippen molar-refractivity contribution in [3.63, 3.8) is 0 Å². The number of ether oxygens (including phenoxy) is 4. The zero-order valence-electron chi connectivity index (χ0n) is 15.8. The zero-order chi connectivity index (χ0) is 19.3. The lowest BCUT2D eigenvalue weighted by atomic mass is 10.1. The van der Waals surface area contributed by atoms with Gasteiger partial charge in [-0.1, -0.05) is 0 Å². The number of methoxy groups -OCH3 is 3. The molecule has 1 aliphatic rings. The summed E-state index contributed by atoms with van der Waals surface area (Å²) in [5.74, 6) is -0.0238. The molecule has 1 fully saturated rings. The van der Waals surface area contributed by atoms with Crippen molar-refractivity contribution >= 4 is 17.6 Å². The van der Waals surface area contributed by atoms with Crippen molar-refractivity contribution in [2.75, 3.05) is 46.3 Å². The summed E-state index contributed by atoms with van der Waals surface area (Å²) >= 11 is 0. The number of benzene rings is 1. The number of hydrogen-bond acceptors (Lipinski definition) is 7. The number of anilines is 1. The SMILES string of the molecule is COC(=O)c1cc(OC)c(OC)cc1NC(=O)CN1C[C@@H](C)O[C@@H](C)C1. The molecule has 1 heterocycles. The summed E-state index contributed by atoms with van der Waals surface area (Å²) in [5.41, 5.74) is 0.510.